The van der Waals surface area contributed by atoms with Gasteiger partial charge < -0.3 is 22.1 Å². The molecular formula is C18H21FN6O. The van der Waals surface area contributed by atoms with Crippen LogP contribution < -0.4 is 22.1 Å². The molecule has 2 aromatic rings. The Balaban J connectivity index is 1.60. The first-order chi connectivity index (χ1) is 12.4. The maximum Gasteiger partial charge on any atom is 0.254 e. The van der Waals surface area contributed by atoms with Gasteiger partial charge in [-0.3, -0.25) is 4.79 Å². The van der Waals surface area contributed by atoms with Crippen molar-refractivity contribution in [2.75, 3.05) is 10.6 Å². The minimum absolute atomic E-state index is 0.126. The summed E-state index contributed by atoms with van der Waals surface area (Å²) in [6, 6.07) is 5.88. The summed E-state index contributed by atoms with van der Waals surface area (Å²) in [7, 11) is 0. The summed E-state index contributed by atoms with van der Waals surface area (Å²) in [4.78, 5) is 20.3. The van der Waals surface area contributed by atoms with Gasteiger partial charge in [-0.25, -0.2) is 9.37 Å². The molecule has 1 amide bonds. The molecule has 1 atom stereocenters. The normalized spacial score (nSPS) is 18.8. The third-order valence-corrected chi connectivity index (χ3v) is 4.99. The van der Waals surface area contributed by atoms with Crippen molar-refractivity contribution < 1.29 is 9.18 Å². The van der Waals surface area contributed by atoms with Crippen LogP contribution in [0, 0.1) is 11.7 Å². The number of amides is 1. The Kier molecular flexibility index (Phi) is 3.99. The van der Waals surface area contributed by atoms with Gasteiger partial charge in [-0.05, 0) is 55.9 Å². The van der Waals surface area contributed by atoms with Crippen LogP contribution >= 0.6 is 0 Å². The van der Waals surface area contributed by atoms with E-state index in [1.54, 1.807) is 12.1 Å². The van der Waals surface area contributed by atoms with Crippen LogP contribution in [0.25, 0.3) is 0 Å². The number of aromatic nitrogens is 2. The van der Waals surface area contributed by atoms with Gasteiger partial charge >= 0.3 is 0 Å². The molecule has 136 valence electrons. The molecule has 1 aromatic heterocycles. The lowest BCUT2D eigenvalue weighted by Gasteiger charge is -2.25. The Morgan fingerprint density at radius 3 is 2.54 bits per heavy atom. The number of primary amides is 1. The molecule has 1 unspecified atom stereocenters. The predicted octanol–water partition coefficient (Wildman–Crippen LogP) is 2.14. The first-order valence-electron chi connectivity index (χ1n) is 8.69. The zero-order chi connectivity index (χ0) is 18.3. The second-order valence-electron chi connectivity index (χ2n) is 7.14. The van der Waals surface area contributed by atoms with Crippen molar-refractivity contribution >= 4 is 23.4 Å². The Bertz CT molecular complexity index is 832. The van der Waals surface area contributed by atoms with Gasteiger partial charge in [0.1, 0.15) is 17.2 Å². The zero-order valence-electron chi connectivity index (χ0n) is 14.2. The van der Waals surface area contributed by atoms with Crippen molar-refractivity contribution in [1.29, 1.82) is 0 Å². The van der Waals surface area contributed by atoms with E-state index in [9.17, 15) is 9.18 Å². The number of carbonyl (C=O) groups is 1. The molecule has 0 aliphatic heterocycles. The fraction of sp³-hybridized carbons (Fsp3) is 0.389. The predicted molar refractivity (Wildman–Crippen MR) is 96.5 cm³/mol. The van der Waals surface area contributed by atoms with Crippen molar-refractivity contribution in [3.8, 4) is 0 Å². The Hall–Kier alpha value is -2.74. The molecule has 0 radical (unpaired) electrons. The number of halogens is 1. The highest BCUT2D eigenvalue weighted by Crippen LogP contribution is 2.47. The lowest BCUT2D eigenvalue weighted by Crippen LogP contribution is -2.44. The minimum Gasteiger partial charge on any atom is -0.365 e. The number of nitrogens with one attached hydrogen (secondary N) is 2. The van der Waals surface area contributed by atoms with Gasteiger partial charge in [-0.1, -0.05) is 0 Å². The van der Waals surface area contributed by atoms with Gasteiger partial charge in [0.05, 0.1) is 0 Å². The van der Waals surface area contributed by atoms with Gasteiger partial charge in [0, 0.05) is 23.5 Å². The van der Waals surface area contributed by atoms with Crippen LogP contribution in [-0.2, 0) is 0 Å². The standard InChI is InChI=1S/C18H21FN6O/c19-11-3-5-12(6-4-11)23-16-13(15(20)26)9-22-17(25-16)24-14(10-1-2-10)18(21)7-8-18/h3-6,9-10,14H,1-2,7-8,21H2,(H2,20,26)(H2,22,23,24,25). The van der Waals surface area contributed by atoms with Gasteiger partial charge in [0.25, 0.3) is 5.91 Å². The molecule has 26 heavy (non-hydrogen) atoms. The van der Waals surface area contributed by atoms with E-state index in [0.29, 0.717) is 17.6 Å². The summed E-state index contributed by atoms with van der Waals surface area (Å²) in [5.41, 5.74) is 12.4. The zero-order valence-corrected chi connectivity index (χ0v) is 14.2. The molecular weight excluding hydrogens is 335 g/mol. The number of nitrogens with zero attached hydrogens (tertiary/aromatic N) is 2. The molecule has 0 spiro atoms. The minimum atomic E-state index is -0.641. The van der Waals surface area contributed by atoms with Crippen molar-refractivity contribution in [2.24, 2.45) is 17.4 Å². The summed E-state index contributed by atoms with van der Waals surface area (Å²) in [6.07, 6.45) is 5.67. The van der Waals surface area contributed by atoms with Crippen LogP contribution in [0.3, 0.4) is 0 Å². The van der Waals surface area contributed by atoms with Crippen LogP contribution in [0.2, 0.25) is 0 Å². The molecule has 1 heterocycles. The SMILES string of the molecule is NC(=O)c1cnc(NC(C2CC2)C2(N)CC2)nc1Nc1ccc(F)cc1. The van der Waals surface area contributed by atoms with E-state index in [1.807, 2.05) is 0 Å². The molecule has 4 rings (SSSR count). The number of nitrogens with two attached hydrogens (primary N) is 2. The first kappa shape index (κ1) is 16.7. The van der Waals surface area contributed by atoms with E-state index in [-0.39, 0.29) is 28.8 Å². The van der Waals surface area contributed by atoms with Crippen LogP contribution in [0.1, 0.15) is 36.0 Å². The highest BCUT2D eigenvalue weighted by atomic mass is 19.1. The monoisotopic (exact) mass is 356 g/mol. The Labute approximate surface area is 150 Å². The number of rotatable bonds is 7. The van der Waals surface area contributed by atoms with E-state index in [1.165, 1.54) is 18.3 Å². The smallest absolute Gasteiger partial charge is 0.254 e. The number of hydrogen-bond donors (Lipinski definition) is 4. The molecule has 2 saturated carbocycles. The molecule has 1 aromatic carbocycles. The molecule has 2 aliphatic carbocycles. The highest BCUT2D eigenvalue weighted by Gasteiger charge is 2.52. The number of anilines is 3. The van der Waals surface area contributed by atoms with Gasteiger partial charge in [0.2, 0.25) is 5.95 Å². The maximum absolute atomic E-state index is 13.1. The van der Waals surface area contributed by atoms with E-state index < -0.39 is 5.91 Å². The third kappa shape index (κ3) is 3.45. The summed E-state index contributed by atoms with van der Waals surface area (Å²) < 4.78 is 13.1. The van der Waals surface area contributed by atoms with Crippen molar-refractivity contribution in [3.63, 3.8) is 0 Å². The molecule has 0 bridgehead atoms. The number of benzene rings is 1. The molecule has 8 heteroatoms. The molecule has 6 N–H and O–H groups in total. The fourth-order valence-corrected chi connectivity index (χ4v) is 3.15. The summed E-state index contributed by atoms with van der Waals surface area (Å²) >= 11 is 0. The quantitative estimate of drug-likeness (QED) is 0.603. The van der Waals surface area contributed by atoms with E-state index in [4.69, 9.17) is 11.5 Å². The third-order valence-electron chi connectivity index (χ3n) is 4.99. The average molecular weight is 356 g/mol. The van der Waals surface area contributed by atoms with Crippen LogP contribution in [0.4, 0.5) is 21.8 Å². The van der Waals surface area contributed by atoms with Crippen molar-refractivity contribution in [3.05, 3.63) is 41.8 Å². The summed E-state index contributed by atoms with van der Waals surface area (Å²) in [5.74, 6) is 0.222. The highest BCUT2D eigenvalue weighted by molar-refractivity contribution is 5.98. The Morgan fingerprint density at radius 2 is 1.96 bits per heavy atom. The van der Waals surface area contributed by atoms with Crippen LogP contribution in [-0.4, -0.2) is 27.5 Å². The van der Waals surface area contributed by atoms with Gasteiger partial charge in [-0.2, -0.15) is 4.98 Å². The Morgan fingerprint density at radius 1 is 1.27 bits per heavy atom. The maximum atomic E-state index is 13.1. The van der Waals surface area contributed by atoms with Gasteiger partial charge in [-0.15, -0.1) is 0 Å². The van der Waals surface area contributed by atoms with Crippen LogP contribution in [0.5, 0.6) is 0 Å². The number of hydrogen-bond acceptors (Lipinski definition) is 6. The number of carbonyl (C=O) groups excluding carboxylic acids is 1. The van der Waals surface area contributed by atoms with E-state index >= 15 is 0 Å². The second-order valence-corrected chi connectivity index (χ2v) is 7.14. The summed E-state index contributed by atoms with van der Waals surface area (Å²) in [6.45, 7) is 0. The first-order valence-corrected chi connectivity index (χ1v) is 8.69. The van der Waals surface area contributed by atoms with Crippen molar-refractivity contribution in [1.82, 2.24) is 9.97 Å². The summed E-state index contributed by atoms with van der Waals surface area (Å²) in [5, 5.41) is 6.35. The largest absolute Gasteiger partial charge is 0.365 e. The lowest BCUT2D eigenvalue weighted by molar-refractivity contribution is 0.100. The topological polar surface area (TPSA) is 119 Å². The van der Waals surface area contributed by atoms with Gasteiger partial charge in [0.15, 0.2) is 0 Å². The lowest BCUT2D eigenvalue weighted by atomic mass is 10.0. The molecule has 7 nitrogen and oxygen atoms in total. The van der Waals surface area contributed by atoms with Crippen molar-refractivity contribution in [2.45, 2.75) is 37.3 Å². The van der Waals surface area contributed by atoms with E-state index in [2.05, 4.69) is 20.6 Å². The molecule has 2 fully saturated rings. The fourth-order valence-electron chi connectivity index (χ4n) is 3.15. The molecule has 0 saturated heterocycles. The second kappa shape index (κ2) is 6.21. The average Bonchev–Trinajstić information content (AvgIpc) is 3.52. The molecule has 2 aliphatic rings. The van der Waals surface area contributed by atoms with E-state index in [0.717, 1.165) is 25.7 Å². The van der Waals surface area contributed by atoms with Crippen LogP contribution in [0.15, 0.2) is 30.5 Å².